The summed E-state index contributed by atoms with van der Waals surface area (Å²) in [6.45, 7) is 1.63. The molecule has 1 fully saturated rings. The van der Waals surface area contributed by atoms with Gasteiger partial charge in [0.1, 0.15) is 5.78 Å². The summed E-state index contributed by atoms with van der Waals surface area (Å²) in [5, 5.41) is 6.32. The summed E-state index contributed by atoms with van der Waals surface area (Å²) < 4.78 is 0. The Morgan fingerprint density at radius 3 is 3.08 bits per heavy atom. The molecule has 0 radical (unpaired) electrons. The highest BCUT2D eigenvalue weighted by Crippen LogP contribution is 2.19. The topological polar surface area (TPSA) is 23.6 Å². The molecule has 0 amide bonds. The Hall–Kier alpha value is -0.480. The minimum absolute atomic E-state index is 0.367. The fourth-order valence-corrected chi connectivity index (χ4v) is 2.21. The van der Waals surface area contributed by atoms with Crippen molar-refractivity contribution in [3.05, 3.63) is 11.6 Å². The normalized spacial score (nSPS) is 25.3. The SMILES string of the molecule is O=C1CCCN(N2C=CSC2)C1. The van der Waals surface area contributed by atoms with Crippen LogP contribution in [0.15, 0.2) is 11.6 Å². The number of rotatable bonds is 1. The van der Waals surface area contributed by atoms with E-state index < -0.39 is 0 Å². The van der Waals surface area contributed by atoms with Crippen molar-refractivity contribution in [2.75, 3.05) is 19.0 Å². The van der Waals surface area contributed by atoms with Gasteiger partial charge in [0.05, 0.1) is 12.4 Å². The van der Waals surface area contributed by atoms with Gasteiger partial charge in [0.25, 0.3) is 0 Å². The Morgan fingerprint density at radius 1 is 1.50 bits per heavy atom. The van der Waals surface area contributed by atoms with E-state index in [9.17, 15) is 4.79 Å². The van der Waals surface area contributed by atoms with Gasteiger partial charge in [-0.05, 0) is 11.8 Å². The lowest BCUT2D eigenvalue weighted by Gasteiger charge is -2.33. The highest BCUT2D eigenvalue weighted by Gasteiger charge is 2.21. The second-order valence-corrected chi connectivity index (χ2v) is 3.91. The van der Waals surface area contributed by atoms with Gasteiger partial charge in [-0.15, -0.1) is 11.8 Å². The van der Waals surface area contributed by atoms with Crippen LogP contribution in [0.1, 0.15) is 12.8 Å². The van der Waals surface area contributed by atoms with E-state index in [0.29, 0.717) is 12.3 Å². The van der Waals surface area contributed by atoms with E-state index in [2.05, 4.69) is 15.4 Å². The van der Waals surface area contributed by atoms with Crippen LogP contribution in [-0.2, 0) is 4.79 Å². The molecule has 0 N–H and O–H groups in total. The molecule has 4 heteroatoms. The molecule has 0 saturated carbocycles. The first-order valence-electron chi connectivity index (χ1n) is 4.18. The summed E-state index contributed by atoms with van der Waals surface area (Å²) in [5.74, 6) is 1.33. The Labute approximate surface area is 76.4 Å². The molecule has 0 spiro atoms. The average molecular weight is 184 g/mol. The third kappa shape index (κ3) is 1.64. The molecule has 0 aliphatic carbocycles. The number of hydrogen-bond donors (Lipinski definition) is 0. The summed E-state index contributed by atoms with van der Waals surface area (Å²) in [4.78, 5) is 11.1. The first-order valence-corrected chi connectivity index (χ1v) is 5.22. The Bertz CT molecular complexity index is 217. The molecule has 12 heavy (non-hydrogen) atoms. The molecule has 0 aromatic carbocycles. The van der Waals surface area contributed by atoms with Crippen LogP contribution in [0.4, 0.5) is 0 Å². The lowest BCUT2D eigenvalue weighted by molar-refractivity contribution is -0.126. The highest BCUT2D eigenvalue weighted by atomic mass is 32.2. The van der Waals surface area contributed by atoms with Crippen molar-refractivity contribution in [1.29, 1.82) is 0 Å². The second kappa shape index (κ2) is 3.49. The monoisotopic (exact) mass is 184 g/mol. The number of ketones is 1. The molecule has 0 unspecified atom stereocenters. The number of thioether (sulfide) groups is 1. The van der Waals surface area contributed by atoms with Gasteiger partial charge >= 0.3 is 0 Å². The van der Waals surface area contributed by atoms with E-state index in [4.69, 9.17) is 0 Å². The molecular formula is C8H12N2OS. The van der Waals surface area contributed by atoms with Gasteiger partial charge in [-0.3, -0.25) is 4.79 Å². The van der Waals surface area contributed by atoms with Gasteiger partial charge < -0.3 is 5.01 Å². The van der Waals surface area contributed by atoms with Crippen LogP contribution in [-0.4, -0.2) is 34.8 Å². The molecule has 0 atom stereocenters. The molecule has 2 aliphatic rings. The molecule has 0 aromatic heterocycles. The number of piperidine rings is 1. The van der Waals surface area contributed by atoms with Gasteiger partial charge in [0.2, 0.25) is 0 Å². The standard InChI is InChI=1S/C8H12N2OS/c11-8-2-1-3-9(6-8)10-4-5-12-7-10/h4-5H,1-3,6-7H2. The number of carbonyl (C=O) groups is 1. The maximum absolute atomic E-state index is 11.1. The minimum atomic E-state index is 0.367. The molecule has 2 rings (SSSR count). The van der Waals surface area contributed by atoms with Crippen LogP contribution in [0.2, 0.25) is 0 Å². The molecule has 0 bridgehead atoms. The van der Waals surface area contributed by atoms with Crippen molar-refractivity contribution in [2.45, 2.75) is 12.8 Å². The number of hydrazine groups is 1. The summed E-state index contributed by atoms with van der Waals surface area (Å²) >= 11 is 1.77. The van der Waals surface area contributed by atoms with Gasteiger partial charge in [-0.1, -0.05) is 0 Å². The van der Waals surface area contributed by atoms with E-state index in [-0.39, 0.29) is 0 Å². The van der Waals surface area contributed by atoms with E-state index in [1.165, 1.54) is 0 Å². The zero-order chi connectivity index (χ0) is 8.39. The summed E-state index contributed by atoms with van der Waals surface area (Å²) in [6.07, 6.45) is 3.82. The molecule has 3 nitrogen and oxygen atoms in total. The third-order valence-electron chi connectivity index (χ3n) is 2.13. The van der Waals surface area contributed by atoms with Crippen molar-refractivity contribution in [3.8, 4) is 0 Å². The van der Waals surface area contributed by atoms with E-state index >= 15 is 0 Å². The van der Waals surface area contributed by atoms with Crippen molar-refractivity contribution < 1.29 is 4.79 Å². The number of hydrogen-bond acceptors (Lipinski definition) is 4. The molecule has 2 heterocycles. The van der Waals surface area contributed by atoms with Crippen LogP contribution >= 0.6 is 11.8 Å². The first-order chi connectivity index (χ1) is 5.86. The van der Waals surface area contributed by atoms with Crippen molar-refractivity contribution >= 4 is 17.5 Å². The number of carbonyl (C=O) groups excluding carboxylic acids is 1. The summed E-state index contributed by atoms with van der Waals surface area (Å²) in [5.41, 5.74) is 0. The van der Waals surface area contributed by atoms with Crippen LogP contribution in [0.3, 0.4) is 0 Å². The van der Waals surface area contributed by atoms with Crippen molar-refractivity contribution in [3.63, 3.8) is 0 Å². The van der Waals surface area contributed by atoms with Crippen LogP contribution < -0.4 is 0 Å². The fourth-order valence-electron chi connectivity index (χ4n) is 1.49. The highest BCUT2D eigenvalue weighted by molar-refractivity contribution is 8.02. The van der Waals surface area contributed by atoms with Gasteiger partial charge in [0, 0.05) is 19.2 Å². The Kier molecular flexibility index (Phi) is 2.37. The van der Waals surface area contributed by atoms with E-state index in [1.807, 2.05) is 6.20 Å². The molecule has 1 saturated heterocycles. The zero-order valence-corrected chi connectivity index (χ0v) is 7.72. The quantitative estimate of drug-likeness (QED) is 0.607. The van der Waals surface area contributed by atoms with Crippen molar-refractivity contribution in [1.82, 2.24) is 10.0 Å². The maximum atomic E-state index is 11.1. The van der Waals surface area contributed by atoms with Crippen LogP contribution in [0, 0.1) is 0 Å². The Balaban J connectivity index is 1.94. The second-order valence-electron chi connectivity index (χ2n) is 3.05. The van der Waals surface area contributed by atoms with E-state index in [0.717, 1.165) is 25.3 Å². The predicted molar refractivity (Wildman–Crippen MR) is 49.3 cm³/mol. The summed E-state index contributed by atoms with van der Waals surface area (Å²) in [7, 11) is 0. The smallest absolute Gasteiger partial charge is 0.148 e. The lowest BCUT2D eigenvalue weighted by atomic mass is 10.1. The largest absolute Gasteiger partial charge is 0.302 e. The van der Waals surface area contributed by atoms with Crippen molar-refractivity contribution in [2.24, 2.45) is 0 Å². The Morgan fingerprint density at radius 2 is 2.42 bits per heavy atom. The molecule has 2 aliphatic heterocycles. The van der Waals surface area contributed by atoms with Gasteiger partial charge in [-0.2, -0.15) is 0 Å². The molecular weight excluding hydrogens is 172 g/mol. The number of Topliss-reactive ketones (excluding diaryl/α,β-unsaturated/α-hetero) is 1. The molecule has 0 aromatic rings. The molecule has 66 valence electrons. The lowest BCUT2D eigenvalue weighted by Crippen LogP contribution is -2.44. The fraction of sp³-hybridized carbons (Fsp3) is 0.625. The van der Waals surface area contributed by atoms with Gasteiger partial charge in [0.15, 0.2) is 0 Å². The zero-order valence-electron chi connectivity index (χ0n) is 6.90. The maximum Gasteiger partial charge on any atom is 0.148 e. The predicted octanol–water partition coefficient (Wildman–Crippen LogP) is 1.04. The first kappa shape index (κ1) is 8.13. The van der Waals surface area contributed by atoms with E-state index in [1.54, 1.807) is 11.8 Å². The minimum Gasteiger partial charge on any atom is -0.302 e. The number of nitrogens with zero attached hydrogens (tertiary/aromatic N) is 2. The average Bonchev–Trinajstić information content (AvgIpc) is 2.56. The summed E-state index contributed by atoms with van der Waals surface area (Å²) in [6, 6.07) is 0. The van der Waals surface area contributed by atoms with Crippen LogP contribution in [0.5, 0.6) is 0 Å². The van der Waals surface area contributed by atoms with Crippen LogP contribution in [0.25, 0.3) is 0 Å². The third-order valence-corrected chi connectivity index (χ3v) is 2.86. The van der Waals surface area contributed by atoms with Gasteiger partial charge in [-0.25, -0.2) is 5.01 Å².